The number of carbonyl (C=O) groups excluding carboxylic acids is 1. The maximum absolute atomic E-state index is 12.9. The van der Waals surface area contributed by atoms with Crippen molar-refractivity contribution < 1.29 is 14.7 Å². The first-order valence-corrected chi connectivity index (χ1v) is 8.88. The third-order valence-electron chi connectivity index (χ3n) is 4.58. The fourth-order valence-electron chi connectivity index (χ4n) is 2.98. The van der Waals surface area contributed by atoms with Crippen molar-refractivity contribution in [3.8, 4) is 5.69 Å². The zero-order valence-electron chi connectivity index (χ0n) is 16.1. The third kappa shape index (κ3) is 4.46. The summed E-state index contributed by atoms with van der Waals surface area (Å²) in [5.74, 6) is -1.40. The van der Waals surface area contributed by atoms with Gasteiger partial charge in [0, 0.05) is 7.05 Å². The normalized spacial score (nSPS) is 12.2. The van der Waals surface area contributed by atoms with Crippen LogP contribution in [0.3, 0.4) is 0 Å². The molecule has 0 bridgehead atoms. The van der Waals surface area contributed by atoms with Crippen LogP contribution in [0.4, 0.5) is 5.69 Å². The van der Waals surface area contributed by atoms with Crippen molar-refractivity contribution in [2.45, 2.75) is 33.2 Å². The van der Waals surface area contributed by atoms with Gasteiger partial charge in [-0.3, -0.25) is 24.0 Å². The number of rotatable bonds is 8. The number of aromatic nitrogens is 2. The van der Waals surface area contributed by atoms with Crippen LogP contribution in [0.25, 0.3) is 5.69 Å². The van der Waals surface area contributed by atoms with E-state index in [-0.39, 0.29) is 17.8 Å². The Bertz CT molecular complexity index is 870. The van der Waals surface area contributed by atoms with E-state index in [1.165, 1.54) is 4.68 Å². The molecule has 0 spiro atoms. The maximum atomic E-state index is 12.9. The molecule has 0 aliphatic heterocycles. The Morgan fingerprint density at radius 2 is 1.89 bits per heavy atom. The Morgan fingerprint density at radius 1 is 1.26 bits per heavy atom. The molecule has 8 heteroatoms. The minimum absolute atomic E-state index is 0.199. The molecule has 0 fully saturated rings. The topological polar surface area (TPSA) is 96.6 Å². The molecule has 1 atom stereocenters. The highest BCUT2D eigenvalue weighted by molar-refractivity contribution is 5.95. The van der Waals surface area contributed by atoms with Gasteiger partial charge in [0.05, 0.1) is 24.0 Å². The van der Waals surface area contributed by atoms with E-state index in [1.807, 2.05) is 37.3 Å². The van der Waals surface area contributed by atoms with Gasteiger partial charge < -0.3 is 10.4 Å². The number of nitrogens with one attached hydrogen (secondary N) is 1. The second-order valence-corrected chi connectivity index (χ2v) is 6.47. The molecule has 8 nitrogen and oxygen atoms in total. The smallest absolute Gasteiger partial charge is 0.317 e. The Morgan fingerprint density at radius 3 is 2.44 bits per heavy atom. The van der Waals surface area contributed by atoms with Crippen LogP contribution in [0, 0.1) is 6.92 Å². The number of amides is 1. The van der Waals surface area contributed by atoms with Crippen LogP contribution < -0.4 is 10.9 Å². The largest absolute Gasteiger partial charge is 0.480 e. The Labute approximate surface area is 158 Å². The second-order valence-electron chi connectivity index (χ2n) is 6.47. The van der Waals surface area contributed by atoms with Gasteiger partial charge >= 0.3 is 5.97 Å². The third-order valence-corrected chi connectivity index (χ3v) is 4.58. The van der Waals surface area contributed by atoms with Crippen molar-refractivity contribution in [2.75, 3.05) is 18.4 Å². The van der Waals surface area contributed by atoms with Crippen LogP contribution in [0.15, 0.2) is 35.1 Å². The van der Waals surface area contributed by atoms with Crippen molar-refractivity contribution in [1.82, 2.24) is 14.3 Å². The summed E-state index contributed by atoms with van der Waals surface area (Å²) in [7, 11) is 1.75. The number of carboxylic acids is 1. The molecule has 0 saturated carbocycles. The van der Waals surface area contributed by atoms with E-state index in [9.17, 15) is 14.4 Å². The number of nitrogens with zero attached hydrogens (tertiary/aromatic N) is 3. The average molecular weight is 374 g/mol. The molecule has 0 saturated heterocycles. The van der Waals surface area contributed by atoms with Gasteiger partial charge in [-0.05, 0) is 38.9 Å². The van der Waals surface area contributed by atoms with Gasteiger partial charge in [-0.1, -0.05) is 25.1 Å². The fourth-order valence-corrected chi connectivity index (χ4v) is 2.98. The van der Waals surface area contributed by atoms with Crippen LogP contribution >= 0.6 is 0 Å². The molecule has 27 heavy (non-hydrogen) atoms. The maximum Gasteiger partial charge on any atom is 0.317 e. The molecule has 2 rings (SSSR count). The van der Waals surface area contributed by atoms with Crippen molar-refractivity contribution in [1.29, 1.82) is 0 Å². The first-order chi connectivity index (χ1) is 12.8. The Kier molecular flexibility index (Phi) is 6.57. The van der Waals surface area contributed by atoms with Gasteiger partial charge in [0.15, 0.2) is 0 Å². The Hall–Kier alpha value is -2.87. The van der Waals surface area contributed by atoms with Gasteiger partial charge in [0.2, 0.25) is 5.91 Å². The molecule has 1 aromatic carbocycles. The molecule has 2 aromatic rings. The summed E-state index contributed by atoms with van der Waals surface area (Å²) in [4.78, 5) is 38.2. The van der Waals surface area contributed by atoms with Crippen LogP contribution in [-0.4, -0.2) is 50.4 Å². The minimum atomic E-state index is -0.995. The first kappa shape index (κ1) is 20.4. The minimum Gasteiger partial charge on any atom is -0.480 e. The van der Waals surface area contributed by atoms with E-state index in [0.29, 0.717) is 17.9 Å². The van der Waals surface area contributed by atoms with E-state index >= 15 is 0 Å². The van der Waals surface area contributed by atoms with E-state index in [0.717, 1.165) is 6.42 Å². The number of aliphatic carboxylic acids is 1. The zero-order chi connectivity index (χ0) is 20.1. The van der Waals surface area contributed by atoms with Crippen molar-refractivity contribution in [2.24, 2.45) is 7.05 Å². The summed E-state index contributed by atoms with van der Waals surface area (Å²) in [6.45, 7) is 5.55. The Balaban J connectivity index is 2.30. The highest BCUT2D eigenvalue weighted by Crippen LogP contribution is 2.15. The molecule has 2 N–H and O–H groups in total. The highest BCUT2D eigenvalue weighted by Gasteiger charge is 2.25. The number of anilines is 1. The van der Waals surface area contributed by atoms with Crippen molar-refractivity contribution in [3.05, 3.63) is 46.4 Å². The number of carboxylic acid groups (broad SMARTS) is 1. The molecule has 1 amide bonds. The summed E-state index contributed by atoms with van der Waals surface area (Å²) in [5, 5.41) is 11.7. The molecular formula is C19H26N4O4. The van der Waals surface area contributed by atoms with Gasteiger partial charge in [0.1, 0.15) is 5.69 Å². The average Bonchev–Trinajstić information content (AvgIpc) is 2.84. The highest BCUT2D eigenvalue weighted by atomic mass is 16.4. The monoisotopic (exact) mass is 374 g/mol. The standard InChI is InChI=1S/C19H26N4O4/c1-5-11-22(12-16(24)25)14(3)18(26)20-17-13(2)21(4)23(19(17)27)15-9-7-6-8-10-15/h6-10,14H,5,11-12H2,1-4H3,(H,20,26)(H,24,25). The van der Waals surface area contributed by atoms with Crippen LogP contribution in [0.5, 0.6) is 0 Å². The zero-order valence-corrected chi connectivity index (χ0v) is 16.1. The number of carbonyl (C=O) groups is 2. The molecule has 1 unspecified atom stereocenters. The van der Waals surface area contributed by atoms with Crippen LogP contribution in [0.2, 0.25) is 0 Å². The van der Waals surface area contributed by atoms with Gasteiger partial charge in [-0.25, -0.2) is 4.68 Å². The quantitative estimate of drug-likeness (QED) is 0.732. The lowest BCUT2D eigenvalue weighted by Gasteiger charge is -2.25. The molecule has 0 aliphatic rings. The van der Waals surface area contributed by atoms with Gasteiger partial charge in [-0.15, -0.1) is 0 Å². The lowest BCUT2D eigenvalue weighted by molar-refractivity contribution is -0.139. The van der Waals surface area contributed by atoms with E-state index in [4.69, 9.17) is 5.11 Å². The summed E-state index contributed by atoms with van der Waals surface area (Å²) in [6, 6.07) is 8.47. The molecule has 0 aliphatic carbocycles. The van der Waals surface area contributed by atoms with Gasteiger partial charge in [-0.2, -0.15) is 0 Å². The van der Waals surface area contributed by atoms with Crippen molar-refractivity contribution >= 4 is 17.6 Å². The van der Waals surface area contributed by atoms with E-state index in [1.54, 1.807) is 30.5 Å². The van der Waals surface area contributed by atoms with Crippen LogP contribution in [0.1, 0.15) is 26.0 Å². The number of hydrogen-bond acceptors (Lipinski definition) is 4. The summed E-state index contributed by atoms with van der Waals surface area (Å²) < 4.78 is 3.16. The molecule has 1 aromatic heterocycles. The molecular weight excluding hydrogens is 348 g/mol. The number of hydrogen-bond donors (Lipinski definition) is 2. The SMILES string of the molecule is CCCN(CC(=O)O)C(C)C(=O)Nc1c(C)n(C)n(-c2ccccc2)c1=O. The number of para-hydroxylation sites is 1. The molecule has 146 valence electrons. The van der Waals surface area contributed by atoms with Crippen LogP contribution in [-0.2, 0) is 16.6 Å². The van der Waals surface area contributed by atoms with E-state index in [2.05, 4.69) is 5.32 Å². The molecule has 0 radical (unpaired) electrons. The van der Waals surface area contributed by atoms with Crippen molar-refractivity contribution in [3.63, 3.8) is 0 Å². The summed E-state index contributed by atoms with van der Waals surface area (Å²) in [6.07, 6.45) is 0.718. The first-order valence-electron chi connectivity index (χ1n) is 8.88. The number of benzene rings is 1. The predicted octanol–water partition coefficient (Wildman–Crippen LogP) is 1.61. The van der Waals surface area contributed by atoms with Gasteiger partial charge in [0.25, 0.3) is 5.56 Å². The second kappa shape index (κ2) is 8.68. The van der Waals surface area contributed by atoms with E-state index < -0.39 is 17.9 Å². The molecule has 1 heterocycles. The lowest BCUT2D eigenvalue weighted by Crippen LogP contribution is -2.45. The predicted molar refractivity (Wildman–Crippen MR) is 103 cm³/mol. The lowest BCUT2D eigenvalue weighted by atomic mass is 10.2. The fraction of sp³-hybridized carbons (Fsp3) is 0.421. The summed E-state index contributed by atoms with van der Waals surface area (Å²) in [5.41, 5.74) is 1.18. The summed E-state index contributed by atoms with van der Waals surface area (Å²) >= 11 is 0.